The normalized spacial score (nSPS) is 18.9. The highest BCUT2D eigenvalue weighted by molar-refractivity contribution is 7.87. The van der Waals surface area contributed by atoms with Crippen LogP contribution in [0.25, 0.3) is 0 Å². The second-order valence-corrected chi connectivity index (χ2v) is 6.04. The smallest absolute Gasteiger partial charge is 0.304 e. The van der Waals surface area contributed by atoms with Gasteiger partial charge in [0.15, 0.2) is 0 Å². The molecule has 2 N–H and O–H groups in total. The molecule has 0 aromatic heterocycles. The van der Waals surface area contributed by atoms with Crippen molar-refractivity contribution in [3.63, 3.8) is 0 Å². The van der Waals surface area contributed by atoms with E-state index in [1.807, 2.05) is 11.8 Å². The summed E-state index contributed by atoms with van der Waals surface area (Å²) in [4.78, 5) is 12.4. The minimum Gasteiger partial charge on any atom is -0.481 e. The molecule has 1 fully saturated rings. The largest absolute Gasteiger partial charge is 0.481 e. The van der Waals surface area contributed by atoms with Gasteiger partial charge >= 0.3 is 5.97 Å². The molecule has 8 heteroatoms. The maximum absolute atomic E-state index is 11.8. The molecule has 0 aromatic carbocycles. The number of aliphatic carboxylic acids is 1. The fraction of sp³-hybridized carbons (Fsp3) is 0.900. The summed E-state index contributed by atoms with van der Waals surface area (Å²) in [5, 5.41) is 8.58. The van der Waals surface area contributed by atoms with Crippen LogP contribution in [0.4, 0.5) is 0 Å². The topological polar surface area (TPSA) is 90.0 Å². The second-order valence-electron chi connectivity index (χ2n) is 4.28. The lowest BCUT2D eigenvalue weighted by Gasteiger charge is -2.33. The molecule has 0 bridgehead atoms. The van der Waals surface area contributed by atoms with Gasteiger partial charge in [-0.05, 0) is 6.42 Å². The highest BCUT2D eigenvalue weighted by atomic mass is 32.2. The van der Waals surface area contributed by atoms with Gasteiger partial charge in [-0.1, -0.05) is 6.92 Å². The summed E-state index contributed by atoms with van der Waals surface area (Å²) in [6.45, 7) is 4.83. The SMILES string of the molecule is CCCNS(=O)(=O)N1CCN(CCC(=O)O)CC1. The molecular weight excluding hydrogens is 258 g/mol. The Morgan fingerprint density at radius 3 is 2.39 bits per heavy atom. The maximum atomic E-state index is 11.8. The Balaban J connectivity index is 2.36. The van der Waals surface area contributed by atoms with Crippen molar-refractivity contribution < 1.29 is 18.3 Å². The number of hydrogen-bond acceptors (Lipinski definition) is 4. The summed E-state index contributed by atoms with van der Waals surface area (Å²) in [5.74, 6) is -0.824. The first-order valence-electron chi connectivity index (χ1n) is 6.14. The third-order valence-electron chi connectivity index (χ3n) is 2.85. The van der Waals surface area contributed by atoms with Crippen LogP contribution in [0.5, 0.6) is 0 Å². The standard InChI is InChI=1S/C10H21N3O4S/c1-2-4-11-18(16,17)13-8-6-12(7-9-13)5-3-10(14)15/h11H,2-9H2,1H3,(H,14,15). The van der Waals surface area contributed by atoms with Crippen molar-refractivity contribution in [2.45, 2.75) is 19.8 Å². The van der Waals surface area contributed by atoms with Gasteiger partial charge in [0.05, 0.1) is 6.42 Å². The summed E-state index contributed by atoms with van der Waals surface area (Å²) in [6, 6.07) is 0. The highest BCUT2D eigenvalue weighted by Crippen LogP contribution is 2.06. The van der Waals surface area contributed by atoms with Gasteiger partial charge in [-0.2, -0.15) is 12.7 Å². The summed E-state index contributed by atoms with van der Waals surface area (Å²) >= 11 is 0. The molecule has 0 aromatic rings. The molecule has 1 aliphatic heterocycles. The van der Waals surface area contributed by atoms with E-state index in [9.17, 15) is 13.2 Å². The van der Waals surface area contributed by atoms with Crippen LogP contribution in [0.2, 0.25) is 0 Å². The zero-order chi connectivity index (χ0) is 13.6. The Morgan fingerprint density at radius 1 is 1.28 bits per heavy atom. The van der Waals surface area contributed by atoms with Crippen molar-refractivity contribution in [2.24, 2.45) is 0 Å². The van der Waals surface area contributed by atoms with Crippen LogP contribution in [0.15, 0.2) is 0 Å². The summed E-state index contributed by atoms with van der Waals surface area (Å²) in [7, 11) is -3.36. The van der Waals surface area contributed by atoms with Crippen LogP contribution >= 0.6 is 0 Å². The molecule has 1 rings (SSSR count). The number of carbonyl (C=O) groups is 1. The van der Waals surface area contributed by atoms with E-state index in [4.69, 9.17) is 5.11 Å². The predicted molar refractivity (Wildman–Crippen MR) is 67.5 cm³/mol. The first-order valence-corrected chi connectivity index (χ1v) is 7.58. The predicted octanol–water partition coefficient (Wildman–Crippen LogP) is -0.677. The number of rotatable bonds is 7. The summed E-state index contributed by atoms with van der Waals surface area (Å²) in [5.41, 5.74) is 0. The van der Waals surface area contributed by atoms with Crippen LogP contribution in [0, 0.1) is 0 Å². The third-order valence-corrected chi connectivity index (χ3v) is 4.46. The molecule has 18 heavy (non-hydrogen) atoms. The molecule has 106 valence electrons. The number of nitrogens with one attached hydrogen (secondary N) is 1. The van der Waals surface area contributed by atoms with Gasteiger partial charge in [0.1, 0.15) is 0 Å². The summed E-state index contributed by atoms with van der Waals surface area (Å²) in [6.07, 6.45) is 0.860. The van der Waals surface area contributed by atoms with E-state index in [1.54, 1.807) is 0 Å². The van der Waals surface area contributed by atoms with E-state index in [0.717, 1.165) is 6.42 Å². The molecule has 1 saturated heterocycles. The van der Waals surface area contributed by atoms with Crippen molar-refractivity contribution in [3.8, 4) is 0 Å². The van der Waals surface area contributed by atoms with E-state index in [2.05, 4.69) is 4.72 Å². The lowest BCUT2D eigenvalue weighted by molar-refractivity contribution is -0.137. The quantitative estimate of drug-likeness (QED) is 0.644. The Morgan fingerprint density at radius 2 is 1.89 bits per heavy atom. The van der Waals surface area contributed by atoms with Crippen LogP contribution < -0.4 is 4.72 Å². The van der Waals surface area contributed by atoms with Crippen molar-refractivity contribution in [1.29, 1.82) is 0 Å². The molecule has 7 nitrogen and oxygen atoms in total. The van der Waals surface area contributed by atoms with Gasteiger partial charge in [-0.15, -0.1) is 0 Å². The van der Waals surface area contributed by atoms with E-state index >= 15 is 0 Å². The Bertz CT molecular complexity index is 363. The molecule has 0 amide bonds. The zero-order valence-electron chi connectivity index (χ0n) is 10.6. The molecule has 1 heterocycles. The average molecular weight is 279 g/mol. The van der Waals surface area contributed by atoms with Crippen LogP contribution in [0.1, 0.15) is 19.8 Å². The number of nitrogens with zero attached hydrogens (tertiary/aromatic N) is 2. The fourth-order valence-corrected chi connectivity index (χ4v) is 3.06. The van der Waals surface area contributed by atoms with Crippen LogP contribution in [-0.2, 0) is 15.0 Å². The second kappa shape index (κ2) is 7.03. The molecule has 0 aliphatic carbocycles. The number of carboxylic acid groups (broad SMARTS) is 1. The Hall–Kier alpha value is -0.700. The Labute approximate surface area is 108 Å². The van der Waals surface area contributed by atoms with Gasteiger partial charge in [0.25, 0.3) is 10.2 Å². The fourth-order valence-electron chi connectivity index (χ4n) is 1.77. The molecule has 0 unspecified atom stereocenters. The van der Waals surface area contributed by atoms with Gasteiger partial charge in [0, 0.05) is 39.3 Å². The van der Waals surface area contributed by atoms with E-state index in [1.165, 1.54) is 4.31 Å². The number of piperazine rings is 1. The maximum Gasteiger partial charge on any atom is 0.304 e. The van der Waals surface area contributed by atoms with Crippen molar-refractivity contribution in [3.05, 3.63) is 0 Å². The van der Waals surface area contributed by atoms with Crippen LogP contribution in [-0.4, -0.2) is 68.0 Å². The lowest BCUT2D eigenvalue weighted by Crippen LogP contribution is -2.52. The minimum atomic E-state index is -3.36. The number of carboxylic acids is 1. The van der Waals surface area contributed by atoms with Gasteiger partial charge in [-0.25, -0.2) is 4.72 Å². The lowest BCUT2D eigenvalue weighted by atomic mass is 10.3. The molecule has 0 saturated carbocycles. The van der Waals surface area contributed by atoms with Gasteiger partial charge < -0.3 is 10.0 Å². The average Bonchev–Trinajstić information content (AvgIpc) is 2.34. The molecule has 1 aliphatic rings. The molecule has 0 spiro atoms. The van der Waals surface area contributed by atoms with E-state index in [-0.39, 0.29) is 6.42 Å². The van der Waals surface area contributed by atoms with Gasteiger partial charge in [0.2, 0.25) is 0 Å². The van der Waals surface area contributed by atoms with Crippen molar-refractivity contribution >= 4 is 16.2 Å². The molecular formula is C10H21N3O4S. The third kappa shape index (κ3) is 4.89. The van der Waals surface area contributed by atoms with Gasteiger partial charge in [-0.3, -0.25) is 4.79 Å². The van der Waals surface area contributed by atoms with E-state index < -0.39 is 16.2 Å². The van der Waals surface area contributed by atoms with E-state index in [0.29, 0.717) is 39.3 Å². The Kier molecular flexibility index (Phi) is 6.00. The highest BCUT2D eigenvalue weighted by Gasteiger charge is 2.26. The molecule has 0 atom stereocenters. The minimum absolute atomic E-state index is 0.0981. The molecule has 0 radical (unpaired) electrons. The number of hydrogen-bond donors (Lipinski definition) is 2. The van der Waals surface area contributed by atoms with Crippen LogP contribution in [0.3, 0.4) is 0 Å². The first kappa shape index (κ1) is 15.4. The van der Waals surface area contributed by atoms with Crippen molar-refractivity contribution in [2.75, 3.05) is 39.3 Å². The zero-order valence-corrected chi connectivity index (χ0v) is 11.4. The van der Waals surface area contributed by atoms with Crippen molar-refractivity contribution in [1.82, 2.24) is 13.9 Å². The first-order chi connectivity index (χ1) is 8.45. The summed E-state index contributed by atoms with van der Waals surface area (Å²) < 4.78 is 27.6. The monoisotopic (exact) mass is 279 g/mol.